The summed E-state index contributed by atoms with van der Waals surface area (Å²) in [5.74, 6) is 0.189. The minimum atomic E-state index is -0.282. The molecular weight excluding hydrogens is 274 g/mol. The van der Waals surface area contributed by atoms with Gasteiger partial charge in [-0.25, -0.2) is 4.98 Å². The summed E-state index contributed by atoms with van der Waals surface area (Å²) in [5, 5.41) is 6.21. The van der Waals surface area contributed by atoms with Gasteiger partial charge < -0.3 is 10.6 Å². The zero-order valence-corrected chi connectivity index (χ0v) is 11.5. The fourth-order valence-electron chi connectivity index (χ4n) is 1.59. The highest BCUT2D eigenvalue weighted by Gasteiger charge is 2.10. The SMILES string of the molecule is C=CCNc1ccc(NC(=O)c2ccccc2Cl)nc1. The molecule has 0 aliphatic carbocycles. The van der Waals surface area contributed by atoms with Gasteiger partial charge in [0.2, 0.25) is 0 Å². The first kappa shape index (κ1) is 14.1. The van der Waals surface area contributed by atoms with Crippen molar-refractivity contribution >= 4 is 29.0 Å². The Hall–Kier alpha value is -2.33. The van der Waals surface area contributed by atoms with Crippen LogP contribution < -0.4 is 10.6 Å². The van der Waals surface area contributed by atoms with Crippen molar-refractivity contribution < 1.29 is 4.79 Å². The maximum absolute atomic E-state index is 12.0. The molecule has 0 unspecified atom stereocenters. The number of halogens is 1. The molecule has 0 radical (unpaired) electrons. The maximum Gasteiger partial charge on any atom is 0.258 e. The molecule has 0 saturated heterocycles. The van der Waals surface area contributed by atoms with Crippen molar-refractivity contribution in [3.8, 4) is 0 Å². The number of hydrogen-bond acceptors (Lipinski definition) is 3. The third-order valence-electron chi connectivity index (χ3n) is 2.57. The molecule has 0 aliphatic rings. The fraction of sp³-hybridized carbons (Fsp3) is 0.0667. The second-order valence-electron chi connectivity index (χ2n) is 4.04. The van der Waals surface area contributed by atoms with Crippen LogP contribution in [0.5, 0.6) is 0 Å². The predicted octanol–water partition coefficient (Wildman–Crippen LogP) is 3.59. The van der Waals surface area contributed by atoms with Crippen molar-refractivity contribution in [1.82, 2.24) is 4.98 Å². The van der Waals surface area contributed by atoms with Crippen molar-refractivity contribution in [1.29, 1.82) is 0 Å². The van der Waals surface area contributed by atoms with E-state index in [2.05, 4.69) is 22.2 Å². The zero-order valence-electron chi connectivity index (χ0n) is 10.8. The minimum absolute atomic E-state index is 0.282. The molecule has 1 aromatic heterocycles. The molecule has 0 atom stereocenters. The molecule has 2 N–H and O–H groups in total. The topological polar surface area (TPSA) is 54.0 Å². The van der Waals surface area contributed by atoms with Crippen LogP contribution in [0.15, 0.2) is 55.3 Å². The smallest absolute Gasteiger partial charge is 0.258 e. The van der Waals surface area contributed by atoms with Crippen LogP contribution in [-0.4, -0.2) is 17.4 Å². The van der Waals surface area contributed by atoms with Gasteiger partial charge in [0.1, 0.15) is 5.82 Å². The second kappa shape index (κ2) is 6.73. The lowest BCUT2D eigenvalue weighted by Crippen LogP contribution is -2.13. The van der Waals surface area contributed by atoms with Crippen molar-refractivity contribution in [3.05, 3.63) is 65.8 Å². The molecular formula is C15H14ClN3O. The van der Waals surface area contributed by atoms with Gasteiger partial charge in [-0.1, -0.05) is 29.8 Å². The summed E-state index contributed by atoms with van der Waals surface area (Å²) in [6, 6.07) is 10.4. The van der Waals surface area contributed by atoms with Crippen molar-refractivity contribution in [2.75, 3.05) is 17.2 Å². The van der Waals surface area contributed by atoms with Gasteiger partial charge in [0.05, 0.1) is 22.5 Å². The van der Waals surface area contributed by atoms with E-state index in [0.717, 1.165) is 5.69 Å². The molecule has 1 amide bonds. The lowest BCUT2D eigenvalue weighted by molar-refractivity contribution is 0.102. The minimum Gasteiger partial charge on any atom is -0.380 e. The monoisotopic (exact) mass is 287 g/mol. The van der Waals surface area contributed by atoms with Crippen molar-refractivity contribution in [2.45, 2.75) is 0 Å². The first-order valence-electron chi connectivity index (χ1n) is 6.07. The molecule has 20 heavy (non-hydrogen) atoms. The summed E-state index contributed by atoms with van der Waals surface area (Å²) >= 11 is 5.97. The summed E-state index contributed by atoms with van der Waals surface area (Å²) in [5.41, 5.74) is 1.28. The van der Waals surface area contributed by atoms with E-state index in [1.807, 2.05) is 6.07 Å². The lowest BCUT2D eigenvalue weighted by Gasteiger charge is -2.07. The zero-order chi connectivity index (χ0) is 14.4. The Labute approximate surface area is 122 Å². The van der Waals surface area contributed by atoms with E-state index in [1.54, 1.807) is 42.6 Å². The Morgan fingerprint density at radius 2 is 2.10 bits per heavy atom. The van der Waals surface area contributed by atoms with Crippen LogP contribution in [0.3, 0.4) is 0 Å². The maximum atomic E-state index is 12.0. The highest BCUT2D eigenvalue weighted by molar-refractivity contribution is 6.34. The Kier molecular flexibility index (Phi) is 4.74. The van der Waals surface area contributed by atoms with Gasteiger partial charge in [0.25, 0.3) is 5.91 Å². The lowest BCUT2D eigenvalue weighted by atomic mass is 10.2. The third kappa shape index (κ3) is 3.59. The molecule has 1 heterocycles. The highest BCUT2D eigenvalue weighted by atomic mass is 35.5. The number of rotatable bonds is 5. The molecule has 5 heteroatoms. The van der Waals surface area contributed by atoms with Crippen molar-refractivity contribution in [2.24, 2.45) is 0 Å². The summed E-state index contributed by atoms with van der Waals surface area (Å²) in [4.78, 5) is 16.2. The van der Waals surface area contributed by atoms with Crippen LogP contribution in [0.1, 0.15) is 10.4 Å². The number of benzene rings is 1. The fourth-order valence-corrected chi connectivity index (χ4v) is 1.81. The third-order valence-corrected chi connectivity index (χ3v) is 2.90. The van der Waals surface area contributed by atoms with E-state index in [9.17, 15) is 4.79 Å². The van der Waals surface area contributed by atoms with E-state index in [-0.39, 0.29) is 5.91 Å². The van der Waals surface area contributed by atoms with E-state index in [4.69, 9.17) is 11.6 Å². The molecule has 1 aromatic carbocycles. The number of amides is 1. The average molecular weight is 288 g/mol. The number of nitrogens with one attached hydrogen (secondary N) is 2. The van der Waals surface area contributed by atoms with Crippen LogP contribution in [0, 0.1) is 0 Å². The molecule has 4 nitrogen and oxygen atoms in total. The van der Waals surface area contributed by atoms with Gasteiger partial charge in [-0.15, -0.1) is 6.58 Å². The number of pyridine rings is 1. The largest absolute Gasteiger partial charge is 0.380 e. The number of aromatic nitrogens is 1. The van der Waals surface area contributed by atoms with Crippen LogP contribution in [0.4, 0.5) is 11.5 Å². The summed E-state index contributed by atoms with van der Waals surface area (Å²) in [6.45, 7) is 4.28. The standard InChI is InChI=1S/C15H14ClN3O/c1-2-9-17-11-7-8-14(18-10-11)19-15(20)12-5-3-4-6-13(12)16/h2-8,10,17H,1,9H2,(H,18,19,20). The van der Waals surface area contributed by atoms with E-state index < -0.39 is 0 Å². The normalized spacial score (nSPS) is 9.85. The summed E-state index contributed by atoms with van der Waals surface area (Å²) < 4.78 is 0. The molecule has 0 aliphatic heterocycles. The van der Waals surface area contributed by atoms with Gasteiger partial charge in [0, 0.05) is 6.54 Å². The van der Waals surface area contributed by atoms with Gasteiger partial charge in [-0.2, -0.15) is 0 Å². The molecule has 0 fully saturated rings. The molecule has 2 aromatic rings. The summed E-state index contributed by atoms with van der Waals surface area (Å²) in [7, 11) is 0. The Morgan fingerprint density at radius 3 is 2.75 bits per heavy atom. The molecule has 0 spiro atoms. The highest BCUT2D eigenvalue weighted by Crippen LogP contribution is 2.17. The van der Waals surface area contributed by atoms with Crippen LogP contribution >= 0.6 is 11.6 Å². The number of nitrogens with zero attached hydrogens (tertiary/aromatic N) is 1. The summed E-state index contributed by atoms with van der Waals surface area (Å²) in [6.07, 6.45) is 3.40. The first-order valence-corrected chi connectivity index (χ1v) is 6.45. The molecule has 0 saturated carbocycles. The second-order valence-corrected chi connectivity index (χ2v) is 4.44. The Bertz CT molecular complexity index is 611. The average Bonchev–Trinajstić information content (AvgIpc) is 2.47. The molecule has 2 rings (SSSR count). The van der Waals surface area contributed by atoms with Gasteiger partial charge in [-0.05, 0) is 24.3 Å². The molecule has 0 bridgehead atoms. The van der Waals surface area contributed by atoms with Crippen LogP contribution in [0.2, 0.25) is 5.02 Å². The number of carbonyl (C=O) groups excluding carboxylic acids is 1. The Balaban J connectivity index is 2.05. The van der Waals surface area contributed by atoms with Crippen LogP contribution in [0.25, 0.3) is 0 Å². The first-order chi connectivity index (χ1) is 9.70. The van der Waals surface area contributed by atoms with Crippen LogP contribution in [-0.2, 0) is 0 Å². The Morgan fingerprint density at radius 1 is 1.30 bits per heavy atom. The van der Waals surface area contributed by atoms with Gasteiger partial charge >= 0.3 is 0 Å². The molecule has 102 valence electrons. The number of anilines is 2. The van der Waals surface area contributed by atoms with E-state index in [0.29, 0.717) is 22.9 Å². The van der Waals surface area contributed by atoms with Gasteiger partial charge in [0.15, 0.2) is 0 Å². The quantitative estimate of drug-likeness (QED) is 0.826. The number of carbonyl (C=O) groups is 1. The number of hydrogen-bond donors (Lipinski definition) is 2. The van der Waals surface area contributed by atoms with E-state index >= 15 is 0 Å². The van der Waals surface area contributed by atoms with E-state index in [1.165, 1.54) is 0 Å². The predicted molar refractivity (Wildman–Crippen MR) is 82.3 cm³/mol. The van der Waals surface area contributed by atoms with Crippen molar-refractivity contribution in [3.63, 3.8) is 0 Å². The van der Waals surface area contributed by atoms with Gasteiger partial charge in [-0.3, -0.25) is 4.79 Å².